The Bertz CT molecular complexity index is 802. The van der Waals surface area contributed by atoms with Crippen molar-refractivity contribution in [3.05, 3.63) is 64.8 Å². The molecule has 1 aliphatic rings. The molecule has 116 valence electrons. The van der Waals surface area contributed by atoms with E-state index in [-0.39, 0.29) is 11.6 Å². The summed E-state index contributed by atoms with van der Waals surface area (Å²) in [6.07, 6.45) is 1.74. The lowest BCUT2D eigenvalue weighted by molar-refractivity contribution is -0.113. The molecule has 1 amide bonds. The topological polar surface area (TPSA) is 29.5 Å². The molecule has 1 saturated heterocycles. The first-order valence-electron chi connectivity index (χ1n) is 6.76. The van der Waals surface area contributed by atoms with E-state index in [1.807, 2.05) is 24.3 Å². The fourth-order valence-corrected chi connectivity index (χ4v) is 3.44. The van der Waals surface area contributed by atoms with E-state index in [2.05, 4.69) is 0 Å². The Kier molecular flexibility index (Phi) is 4.45. The van der Waals surface area contributed by atoms with Gasteiger partial charge in [-0.05, 0) is 35.9 Å². The number of ether oxygens (including phenoxy) is 1. The number of para-hydroxylation sites is 1. The van der Waals surface area contributed by atoms with Crippen molar-refractivity contribution < 1.29 is 13.9 Å². The average Bonchev–Trinajstić information content (AvgIpc) is 2.83. The van der Waals surface area contributed by atoms with Crippen molar-refractivity contribution in [2.24, 2.45) is 0 Å². The third-order valence-corrected chi connectivity index (χ3v) is 4.60. The Morgan fingerprint density at radius 2 is 1.87 bits per heavy atom. The summed E-state index contributed by atoms with van der Waals surface area (Å²) < 4.78 is 19.4. The van der Waals surface area contributed by atoms with Crippen LogP contribution < -0.4 is 9.64 Å². The number of hydrogen-bond donors (Lipinski definition) is 0. The van der Waals surface area contributed by atoms with Crippen LogP contribution in [0.1, 0.15) is 5.56 Å². The fraction of sp³-hybridized carbons (Fsp3) is 0.0588. The predicted molar refractivity (Wildman–Crippen MR) is 95.0 cm³/mol. The van der Waals surface area contributed by atoms with Crippen molar-refractivity contribution in [1.82, 2.24) is 0 Å². The molecule has 0 radical (unpaired) electrons. The molecule has 23 heavy (non-hydrogen) atoms. The number of carbonyl (C=O) groups is 1. The Hall–Kier alpha value is -2.18. The standard InChI is InChI=1S/C17H12FNO2S2/c1-21-12-8-6-11(7-9-12)10-15-16(20)19(17(22)23-15)14-5-3-2-4-13(14)18/h2-10H,1H3/b15-10-. The molecule has 3 nitrogen and oxygen atoms in total. The zero-order chi connectivity index (χ0) is 16.4. The van der Waals surface area contributed by atoms with Crippen LogP contribution in [0.4, 0.5) is 10.1 Å². The Balaban J connectivity index is 1.91. The molecule has 1 heterocycles. The summed E-state index contributed by atoms with van der Waals surface area (Å²) in [7, 11) is 1.59. The number of amides is 1. The molecule has 6 heteroatoms. The number of nitrogens with zero attached hydrogens (tertiary/aromatic N) is 1. The van der Waals surface area contributed by atoms with E-state index < -0.39 is 5.82 Å². The molecule has 0 aliphatic carbocycles. The molecule has 2 aromatic carbocycles. The number of carbonyl (C=O) groups excluding carboxylic acids is 1. The summed E-state index contributed by atoms with van der Waals surface area (Å²) >= 11 is 6.39. The maximum Gasteiger partial charge on any atom is 0.270 e. The molecule has 0 spiro atoms. The van der Waals surface area contributed by atoms with Crippen molar-refractivity contribution in [3.63, 3.8) is 0 Å². The fourth-order valence-electron chi connectivity index (χ4n) is 2.16. The smallest absolute Gasteiger partial charge is 0.270 e. The molecule has 0 aromatic heterocycles. The lowest BCUT2D eigenvalue weighted by atomic mass is 10.2. The van der Waals surface area contributed by atoms with E-state index in [4.69, 9.17) is 17.0 Å². The highest BCUT2D eigenvalue weighted by Crippen LogP contribution is 2.37. The minimum absolute atomic E-state index is 0.174. The van der Waals surface area contributed by atoms with Crippen LogP contribution in [0.15, 0.2) is 53.4 Å². The number of rotatable bonds is 3. The van der Waals surface area contributed by atoms with Gasteiger partial charge in [0.05, 0.1) is 17.7 Å². The van der Waals surface area contributed by atoms with Gasteiger partial charge in [0.1, 0.15) is 11.6 Å². The van der Waals surface area contributed by atoms with E-state index in [9.17, 15) is 9.18 Å². The highest BCUT2D eigenvalue weighted by atomic mass is 32.2. The number of methoxy groups -OCH3 is 1. The first-order chi connectivity index (χ1) is 11.1. The summed E-state index contributed by atoms with van der Waals surface area (Å²) in [5.41, 5.74) is 1.02. The second-order valence-corrected chi connectivity index (χ2v) is 6.42. The van der Waals surface area contributed by atoms with Gasteiger partial charge in [-0.25, -0.2) is 4.39 Å². The molecule has 1 fully saturated rings. The number of halogens is 1. The van der Waals surface area contributed by atoms with Crippen molar-refractivity contribution in [3.8, 4) is 5.75 Å². The predicted octanol–water partition coefficient (Wildman–Crippen LogP) is 4.24. The third kappa shape index (κ3) is 3.13. The largest absolute Gasteiger partial charge is 0.497 e. The van der Waals surface area contributed by atoms with Crippen LogP contribution in [0.5, 0.6) is 5.75 Å². The van der Waals surface area contributed by atoms with Crippen LogP contribution in [0, 0.1) is 5.82 Å². The third-order valence-electron chi connectivity index (χ3n) is 3.30. The Morgan fingerprint density at radius 3 is 2.52 bits per heavy atom. The maximum atomic E-state index is 13.9. The van der Waals surface area contributed by atoms with Crippen LogP contribution >= 0.6 is 24.0 Å². The van der Waals surface area contributed by atoms with Crippen molar-refractivity contribution >= 4 is 46.0 Å². The highest BCUT2D eigenvalue weighted by molar-refractivity contribution is 8.27. The zero-order valence-corrected chi connectivity index (χ0v) is 13.8. The number of thiocarbonyl (C=S) groups is 1. The Labute approximate surface area is 142 Å². The first-order valence-corrected chi connectivity index (χ1v) is 7.99. The number of anilines is 1. The van der Waals surface area contributed by atoms with E-state index >= 15 is 0 Å². The molecule has 0 unspecified atom stereocenters. The SMILES string of the molecule is COc1ccc(/C=C2\SC(=S)N(c3ccccc3F)C2=O)cc1. The van der Waals surface area contributed by atoms with Crippen LogP contribution in [0.3, 0.4) is 0 Å². The second-order valence-electron chi connectivity index (χ2n) is 4.74. The second kappa shape index (κ2) is 6.52. The highest BCUT2D eigenvalue weighted by Gasteiger charge is 2.34. The maximum absolute atomic E-state index is 13.9. The van der Waals surface area contributed by atoms with E-state index in [0.717, 1.165) is 23.1 Å². The normalized spacial score (nSPS) is 16.3. The summed E-state index contributed by atoms with van der Waals surface area (Å²) in [4.78, 5) is 14.2. The van der Waals surface area contributed by atoms with Crippen molar-refractivity contribution in [2.75, 3.05) is 12.0 Å². The molecular formula is C17H12FNO2S2. The lowest BCUT2D eigenvalue weighted by Crippen LogP contribution is -2.28. The molecule has 0 atom stereocenters. The van der Waals surface area contributed by atoms with Crippen molar-refractivity contribution in [1.29, 1.82) is 0 Å². The number of benzene rings is 2. The molecule has 0 N–H and O–H groups in total. The van der Waals surface area contributed by atoms with Gasteiger partial charge in [-0.1, -0.05) is 48.2 Å². The molecule has 1 aliphatic heterocycles. The minimum Gasteiger partial charge on any atom is -0.497 e. The number of hydrogen-bond acceptors (Lipinski definition) is 4. The van der Waals surface area contributed by atoms with Crippen LogP contribution in [-0.4, -0.2) is 17.3 Å². The van der Waals surface area contributed by atoms with E-state index in [1.165, 1.54) is 17.0 Å². The zero-order valence-electron chi connectivity index (χ0n) is 12.2. The monoisotopic (exact) mass is 345 g/mol. The molecule has 0 bridgehead atoms. The van der Waals surface area contributed by atoms with Crippen LogP contribution in [-0.2, 0) is 4.79 Å². The van der Waals surface area contributed by atoms with Crippen LogP contribution in [0.25, 0.3) is 6.08 Å². The van der Waals surface area contributed by atoms with Gasteiger partial charge in [-0.3, -0.25) is 9.69 Å². The quantitative estimate of drug-likeness (QED) is 0.615. The lowest BCUT2D eigenvalue weighted by Gasteiger charge is -2.14. The summed E-state index contributed by atoms with van der Waals surface area (Å²) in [5.74, 6) is -0.0588. The van der Waals surface area contributed by atoms with Gasteiger partial charge in [0, 0.05) is 0 Å². The Morgan fingerprint density at radius 1 is 1.17 bits per heavy atom. The van der Waals surface area contributed by atoms with Gasteiger partial charge < -0.3 is 4.74 Å². The van der Waals surface area contributed by atoms with Gasteiger partial charge in [0.15, 0.2) is 4.32 Å². The minimum atomic E-state index is -0.477. The molecular weight excluding hydrogens is 333 g/mol. The van der Waals surface area contributed by atoms with Crippen molar-refractivity contribution in [2.45, 2.75) is 0 Å². The summed E-state index contributed by atoms with van der Waals surface area (Å²) in [6, 6.07) is 13.4. The first kappa shape index (κ1) is 15.7. The van der Waals surface area contributed by atoms with Gasteiger partial charge in [-0.15, -0.1) is 0 Å². The van der Waals surface area contributed by atoms with Crippen LogP contribution in [0.2, 0.25) is 0 Å². The van der Waals surface area contributed by atoms with Gasteiger partial charge in [0.25, 0.3) is 5.91 Å². The van der Waals surface area contributed by atoms with Gasteiger partial charge in [-0.2, -0.15) is 0 Å². The summed E-state index contributed by atoms with van der Waals surface area (Å²) in [5, 5.41) is 0. The number of thioether (sulfide) groups is 1. The molecule has 2 aromatic rings. The average molecular weight is 345 g/mol. The molecule has 0 saturated carbocycles. The van der Waals surface area contributed by atoms with Gasteiger partial charge in [0.2, 0.25) is 0 Å². The van der Waals surface area contributed by atoms with E-state index in [0.29, 0.717) is 9.23 Å². The summed E-state index contributed by atoms with van der Waals surface area (Å²) in [6.45, 7) is 0. The molecule has 3 rings (SSSR count). The van der Waals surface area contributed by atoms with E-state index in [1.54, 1.807) is 25.3 Å². The van der Waals surface area contributed by atoms with Gasteiger partial charge >= 0.3 is 0 Å².